The Morgan fingerprint density at radius 3 is 2.68 bits per heavy atom. The number of amides is 1. The second kappa shape index (κ2) is 6.73. The van der Waals surface area contributed by atoms with E-state index in [1.54, 1.807) is 0 Å². The molecule has 1 aromatic rings. The van der Waals surface area contributed by atoms with Crippen molar-refractivity contribution in [2.75, 3.05) is 18.9 Å². The Kier molecular flexibility index (Phi) is 5.57. The van der Waals surface area contributed by atoms with Crippen LogP contribution in [0, 0.1) is 5.41 Å². The summed E-state index contributed by atoms with van der Waals surface area (Å²) in [5.74, 6) is -0.329. The summed E-state index contributed by atoms with van der Waals surface area (Å²) >= 11 is 5.87. The number of hydrogen-bond acceptors (Lipinski definition) is 4. The van der Waals surface area contributed by atoms with E-state index in [-0.39, 0.29) is 28.6 Å². The average molecular weight is 286 g/mol. The molecular formula is C13H20ClN3O2. The highest BCUT2D eigenvalue weighted by molar-refractivity contribution is 6.32. The van der Waals surface area contributed by atoms with Crippen molar-refractivity contribution in [2.24, 2.45) is 5.41 Å². The van der Waals surface area contributed by atoms with Crippen LogP contribution in [0.4, 0.5) is 5.69 Å². The number of nitrogens with one attached hydrogen (secondary N) is 1. The van der Waals surface area contributed by atoms with Gasteiger partial charge in [-0.15, -0.1) is 0 Å². The molecule has 6 heteroatoms. The van der Waals surface area contributed by atoms with Crippen LogP contribution in [0.2, 0.25) is 5.15 Å². The third kappa shape index (κ3) is 3.81. The van der Waals surface area contributed by atoms with Crippen LogP contribution >= 0.6 is 11.6 Å². The van der Waals surface area contributed by atoms with Crippen LogP contribution < -0.4 is 11.1 Å². The Morgan fingerprint density at radius 1 is 1.53 bits per heavy atom. The molecule has 0 spiro atoms. The molecule has 0 fully saturated rings. The number of anilines is 1. The van der Waals surface area contributed by atoms with Gasteiger partial charge in [0.15, 0.2) is 0 Å². The van der Waals surface area contributed by atoms with Crippen LogP contribution in [0.3, 0.4) is 0 Å². The lowest BCUT2D eigenvalue weighted by Crippen LogP contribution is -2.39. The Hall–Kier alpha value is -1.33. The van der Waals surface area contributed by atoms with Crippen LogP contribution in [0.5, 0.6) is 0 Å². The molecule has 0 atom stereocenters. The van der Waals surface area contributed by atoms with Gasteiger partial charge in [-0.25, -0.2) is 4.98 Å². The molecule has 0 aliphatic heterocycles. The van der Waals surface area contributed by atoms with Gasteiger partial charge in [-0.05, 0) is 18.9 Å². The second-order valence-corrected chi connectivity index (χ2v) is 5.01. The van der Waals surface area contributed by atoms with Crippen LogP contribution in [0.15, 0.2) is 12.3 Å². The summed E-state index contributed by atoms with van der Waals surface area (Å²) in [6.45, 7) is 4.39. The zero-order valence-corrected chi connectivity index (χ0v) is 12.0. The predicted octanol–water partition coefficient (Wildman–Crippen LogP) is 1.85. The van der Waals surface area contributed by atoms with Crippen molar-refractivity contribution in [1.82, 2.24) is 10.3 Å². The van der Waals surface area contributed by atoms with Crippen molar-refractivity contribution in [2.45, 2.75) is 26.7 Å². The van der Waals surface area contributed by atoms with Crippen molar-refractivity contribution in [3.8, 4) is 0 Å². The van der Waals surface area contributed by atoms with Crippen LogP contribution in [-0.2, 0) is 0 Å². The van der Waals surface area contributed by atoms with Crippen molar-refractivity contribution < 1.29 is 9.90 Å². The third-order valence-corrected chi connectivity index (χ3v) is 3.87. The number of rotatable bonds is 6. The molecule has 0 saturated heterocycles. The number of aliphatic hydroxyl groups is 1. The first-order chi connectivity index (χ1) is 8.98. The largest absolute Gasteiger partial charge is 0.397 e. The molecule has 0 aromatic carbocycles. The highest BCUT2D eigenvalue weighted by Gasteiger charge is 2.26. The van der Waals surface area contributed by atoms with Crippen molar-refractivity contribution in [3.05, 3.63) is 23.0 Å². The maximum absolute atomic E-state index is 12.0. The lowest BCUT2D eigenvalue weighted by Gasteiger charge is -2.29. The number of halogens is 1. The van der Waals surface area contributed by atoms with Crippen LogP contribution in [0.25, 0.3) is 0 Å². The van der Waals surface area contributed by atoms with Gasteiger partial charge in [0.05, 0.1) is 24.1 Å². The van der Waals surface area contributed by atoms with E-state index in [4.69, 9.17) is 17.3 Å². The lowest BCUT2D eigenvalue weighted by molar-refractivity contribution is 0.0851. The Balaban J connectivity index is 2.77. The first-order valence-electron chi connectivity index (χ1n) is 6.28. The van der Waals surface area contributed by atoms with Gasteiger partial charge in [0.1, 0.15) is 5.15 Å². The van der Waals surface area contributed by atoms with Gasteiger partial charge >= 0.3 is 0 Å². The monoisotopic (exact) mass is 285 g/mol. The normalized spacial score (nSPS) is 11.4. The standard InChI is InChI=1S/C13H20ClN3O2/c1-3-13(4-2,8-18)7-17-12(19)10-5-9(15)6-16-11(10)14/h5-6,18H,3-4,7-8,15H2,1-2H3,(H,17,19). The molecule has 106 valence electrons. The summed E-state index contributed by atoms with van der Waals surface area (Å²) in [4.78, 5) is 15.9. The molecule has 0 saturated carbocycles. The molecule has 1 heterocycles. The maximum Gasteiger partial charge on any atom is 0.254 e. The highest BCUT2D eigenvalue weighted by Crippen LogP contribution is 2.24. The molecule has 1 aromatic heterocycles. The SMILES string of the molecule is CCC(CC)(CO)CNC(=O)c1cc(N)cnc1Cl. The number of hydrogen-bond donors (Lipinski definition) is 3. The van der Waals surface area contributed by atoms with Gasteiger partial charge in [-0.3, -0.25) is 4.79 Å². The van der Waals surface area contributed by atoms with Crippen LogP contribution in [-0.4, -0.2) is 29.1 Å². The number of aromatic nitrogens is 1. The van der Waals surface area contributed by atoms with Gasteiger partial charge in [0, 0.05) is 12.0 Å². The van der Waals surface area contributed by atoms with E-state index in [1.165, 1.54) is 12.3 Å². The van der Waals surface area contributed by atoms with Crippen molar-refractivity contribution >= 4 is 23.2 Å². The summed E-state index contributed by atoms with van der Waals surface area (Å²) in [6.07, 6.45) is 2.96. The van der Waals surface area contributed by atoms with E-state index in [1.807, 2.05) is 13.8 Å². The minimum atomic E-state index is -0.329. The molecule has 0 bridgehead atoms. The van der Waals surface area contributed by atoms with Gasteiger partial charge in [0.25, 0.3) is 5.91 Å². The van der Waals surface area contributed by atoms with E-state index in [9.17, 15) is 9.90 Å². The number of carbonyl (C=O) groups is 1. The number of carbonyl (C=O) groups excluding carboxylic acids is 1. The summed E-state index contributed by atoms with van der Waals surface area (Å²) in [5.41, 5.74) is 5.92. The summed E-state index contributed by atoms with van der Waals surface area (Å²) in [7, 11) is 0. The van der Waals surface area contributed by atoms with E-state index in [0.29, 0.717) is 12.2 Å². The second-order valence-electron chi connectivity index (χ2n) is 4.65. The van der Waals surface area contributed by atoms with Crippen molar-refractivity contribution in [3.63, 3.8) is 0 Å². The third-order valence-electron chi connectivity index (χ3n) is 3.56. The number of aliphatic hydroxyl groups excluding tert-OH is 1. The highest BCUT2D eigenvalue weighted by atomic mass is 35.5. The molecule has 1 amide bonds. The quantitative estimate of drug-likeness (QED) is 0.696. The molecule has 19 heavy (non-hydrogen) atoms. The first kappa shape index (κ1) is 15.7. The van der Waals surface area contributed by atoms with Gasteiger partial charge in [-0.1, -0.05) is 25.4 Å². The molecule has 0 unspecified atom stereocenters. The van der Waals surface area contributed by atoms with E-state index < -0.39 is 0 Å². The summed E-state index contributed by atoms with van der Waals surface area (Å²) in [6, 6.07) is 1.49. The molecule has 0 aliphatic rings. The molecular weight excluding hydrogens is 266 g/mol. The average Bonchev–Trinajstić information content (AvgIpc) is 2.43. The Bertz CT molecular complexity index is 439. The van der Waals surface area contributed by atoms with Crippen molar-refractivity contribution in [1.29, 1.82) is 0 Å². The fourth-order valence-electron chi connectivity index (χ4n) is 1.77. The lowest BCUT2D eigenvalue weighted by atomic mass is 9.83. The first-order valence-corrected chi connectivity index (χ1v) is 6.66. The number of nitrogen functional groups attached to an aromatic ring is 1. The molecule has 1 rings (SSSR count). The molecule has 0 aliphatic carbocycles. The smallest absolute Gasteiger partial charge is 0.254 e. The summed E-state index contributed by atoms with van der Waals surface area (Å²) in [5, 5.41) is 12.4. The predicted molar refractivity (Wildman–Crippen MR) is 76.1 cm³/mol. The number of nitrogens with zero attached hydrogens (tertiary/aromatic N) is 1. The fourth-order valence-corrected chi connectivity index (χ4v) is 1.96. The van der Waals surface area contributed by atoms with E-state index >= 15 is 0 Å². The number of pyridine rings is 1. The van der Waals surface area contributed by atoms with E-state index in [0.717, 1.165) is 12.8 Å². The van der Waals surface area contributed by atoms with Gasteiger partial charge < -0.3 is 16.2 Å². The Labute approximate surface area is 118 Å². The van der Waals surface area contributed by atoms with Gasteiger partial charge in [0.2, 0.25) is 0 Å². The van der Waals surface area contributed by atoms with E-state index in [2.05, 4.69) is 10.3 Å². The van der Waals surface area contributed by atoms with Crippen LogP contribution in [0.1, 0.15) is 37.0 Å². The fraction of sp³-hybridized carbons (Fsp3) is 0.538. The minimum Gasteiger partial charge on any atom is -0.397 e. The molecule has 4 N–H and O–H groups in total. The maximum atomic E-state index is 12.0. The summed E-state index contributed by atoms with van der Waals surface area (Å²) < 4.78 is 0. The Morgan fingerprint density at radius 2 is 2.16 bits per heavy atom. The molecule has 5 nitrogen and oxygen atoms in total. The topological polar surface area (TPSA) is 88.2 Å². The molecule has 0 radical (unpaired) electrons. The minimum absolute atomic E-state index is 0.0309. The zero-order valence-electron chi connectivity index (χ0n) is 11.2. The zero-order chi connectivity index (χ0) is 14.5. The number of nitrogens with two attached hydrogens (primary N) is 1. The van der Waals surface area contributed by atoms with Gasteiger partial charge in [-0.2, -0.15) is 0 Å².